The van der Waals surface area contributed by atoms with Gasteiger partial charge in [0, 0.05) is 12.6 Å². The lowest BCUT2D eigenvalue weighted by Gasteiger charge is -2.30. The molecule has 1 aromatic rings. The van der Waals surface area contributed by atoms with Crippen molar-refractivity contribution in [3.05, 3.63) is 35.4 Å². The molecule has 2 heteroatoms. The van der Waals surface area contributed by atoms with Gasteiger partial charge in [0.1, 0.15) is 0 Å². The Balaban J connectivity index is 2.34. The quantitative estimate of drug-likeness (QED) is 0.583. The summed E-state index contributed by atoms with van der Waals surface area (Å²) >= 11 is 0. The molecule has 1 atom stereocenters. The van der Waals surface area contributed by atoms with E-state index in [0.717, 1.165) is 13.0 Å². The summed E-state index contributed by atoms with van der Waals surface area (Å²) in [5.74, 6) is 5.83. The van der Waals surface area contributed by atoms with Crippen LogP contribution in [0, 0.1) is 0 Å². The molecule has 0 spiro atoms. The molecule has 0 saturated carbocycles. The highest BCUT2D eigenvalue weighted by Crippen LogP contribution is 2.19. The number of rotatable bonds is 0. The van der Waals surface area contributed by atoms with Crippen molar-refractivity contribution >= 4 is 0 Å². The molecule has 0 amide bonds. The Labute approximate surface area is 73.0 Å². The van der Waals surface area contributed by atoms with Crippen LogP contribution < -0.4 is 5.84 Å². The molecular weight excluding hydrogens is 148 g/mol. The molecule has 12 heavy (non-hydrogen) atoms. The number of hydrazine groups is 1. The molecule has 1 unspecified atom stereocenters. The SMILES string of the molecule is CC1Cc2ccccc2CN1N. The standard InChI is InChI=1S/C10H14N2/c1-8-6-9-4-2-3-5-10(9)7-12(8)11/h2-5,8H,6-7,11H2,1H3. The Morgan fingerprint density at radius 3 is 2.75 bits per heavy atom. The molecule has 64 valence electrons. The van der Waals surface area contributed by atoms with Crippen LogP contribution in [0.1, 0.15) is 18.1 Å². The second kappa shape index (κ2) is 2.88. The topological polar surface area (TPSA) is 29.3 Å². The highest BCUT2D eigenvalue weighted by Gasteiger charge is 2.18. The molecule has 0 aromatic heterocycles. The molecule has 0 radical (unpaired) electrons. The van der Waals surface area contributed by atoms with Gasteiger partial charge >= 0.3 is 0 Å². The van der Waals surface area contributed by atoms with Gasteiger partial charge in [-0.1, -0.05) is 24.3 Å². The molecule has 1 aliphatic rings. The molecule has 0 fully saturated rings. The van der Waals surface area contributed by atoms with Crippen LogP contribution in [0.4, 0.5) is 0 Å². The molecular formula is C10H14N2. The predicted molar refractivity (Wildman–Crippen MR) is 49.3 cm³/mol. The van der Waals surface area contributed by atoms with Crippen LogP contribution in [0.2, 0.25) is 0 Å². The molecule has 0 saturated heterocycles. The fourth-order valence-electron chi connectivity index (χ4n) is 1.70. The second-order valence-corrected chi connectivity index (χ2v) is 3.49. The molecule has 0 aliphatic carbocycles. The van der Waals surface area contributed by atoms with Crippen molar-refractivity contribution in [2.24, 2.45) is 5.84 Å². The lowest BCUT2D eigenvalue weighted by atomic mass is 9.96. The summed E-state index contributed by atoms with van der Waals surface area (Å²) in [6.45, 7) is 3.05. The first-order valence-corrected chi connectivity index (χ1v) is 4.35. The number of fused-ring (bicyclic) bond motifs is 1. The van der Waals surface area contributed by atoms with Crippen molar-refractivity contribution in [3.8, 4) is 0 Å². The summed E-state index contributed by atoms with van der Waals surface area (Å²) in [5.41, 5.74) is 2.82. The van der Waals surface area contributed by atoms with Gasteiger partial charge in [-0.05, 0) is 24.5 Å². The summed E-state index contributed by atoms with van der Waals surface area (Å²) in [5, 5.41) is 1.91. The van der Waals surface area contributed by atoms with Crippen molar-refractivity contribution < 1.29 is 0 Å². The summed E-state index contributed by atoms with van der Waals surface area (Å²) < 4.78 is 0. The van der Waals surface area contributed by atoms with E-state index < -0.39 is 0 Å². The highest BCUT2D eigenvalue weighted by molar-refractivity contribution is 5.29. The zero-order chi connectivity index (χ0) is 8.55. The van der Waals surface area contributed by atoms with E-state index in [4.69, 9.17) is 5.84 Å². The summed E-state index contributed by atoms with van der Waals surface area (Å²) in [6, 6.07) is 8.99. The second-order valence-electron chi connectivity index (χ2n) is 3.49. The summed E-state index contributed by atoms with van der Waals surface area (Å²) in [6.07, 6.45) is 1.08. The molecule has 2 N–H and O–H groups in total. The third-order valence-electron chi connectivity index (χ3n) is 2.55. The van der Waals surface area contributed by atoms with E-state index in [1.54, 1.807) is 0 Å². The molecule has 1 aliphatic heterocycles. The zero-order valence-corrected chi connectivity index (χ0v) is 7.33. The van der Waals surface area contributed by atoms with Crippen LogP contribution in [0.3, 0.4) is 0 Å². The van der Waals surface area contributed by atoms with E-state index in [2.05, 4.69) is 31.2 Å². The maximum absolute atomic E-state index is 5.83. The number of benzene rings is 1. The molecule has 2 nitrogen and oxygen atoms in total. The van der Waals surface area contributed by atoms with Gasteiger partial charge in [0.25, 0.3) is 0 Å². The lowest BCUT2D eigenvalue weighted by Crippen LogP contribution is -2.43. The van der Waals surface area contributed by atoms with Gasteiger partial charge in [0.2, 0.25) is 0 Å². The van der Waals surface area contributed by atoms with Crippen LogP contribution in [-0.2, 0) is 13.0 Å². The van der Waals surface area contributed by atoms with Crippen LogP contribution in [-0.4, -0.2) is 11.1 Å². The van der Waals surface area contributed by atoms with Crippen molar-refractivity contribution in [1.82, 2.24) is 5.01 Å². The maximum Gasteiger partial charge on any atom is 0.0385 e. The van der Waals surface area contributed by atoms with Gasteiger partial charge in [-0.25, -0.2) is 5.01 Å². The first-order chi connectivity index (χ1) is 5.77. The largest absolute Gasteiger partial charge is 0.268 e. The van der Waals surface area contributed by atoms with Gasteiger partial charge in [0.15, 0.2) is 0 Å². The number of hydrogen-bond acceptors (Lipinski definition) is 2. The first kappa shape index (κ1) is 7.77. The lowest BCUT2D eigenvalue weighted by molar-refractivity contribution is 0.189. The van der Waals surface area contributed by atoms with Crippen LogP contribution >= 0.6 is 0 Å². The Morgan fingerprint density at radius 1 is 1.33 bits per heavy atom. The number of nitrogens with zero attached hydrogens (tertiary/aromatic N) is 1. The van der Waals surface area contributed by atoms with Crippen molar-refractivity contribution in [3.63, 3.8) is 0 Å². The maximum atomic E-state index is 5.83. The molecule has 1 heterocycles. The fourth-order valence-corrected chi connectivity index (χ4v) is 1.70. The summed E-state index contributed by atoms with van der Waals surface area (Å²) in [4.78, 5) is 0. The normalized spacial score (nSPS) is 23.7. The fraction of sp³-hybridized carbons (Fsp3) is 0.400. The minimum Gasteiger partial charge on any atom is -0.268 e. The van der Waals surface area contributed by atoms with E-state index in [1.165, 1.54) is 11.1 Å². The minimum absolute atomic E-state index is 0.472. The first-order valence-electron chi connectivity index (χ1n) is 4.35. The third kappa shape index (κ3) is 1.24. The smallest absolute Gasteiger partial charge is 0.0385 e. The van der Waals surface area contributed by atoms with Crippen molar-refractivity contribution in [2.45, 2.75) is 25.9 Å². The molecule has 1 aromatic carbocycles. The Kier molecular flexibility index (Phi) is 1.87. The van der Waals surface area contributed by atoms with Crippen molar-refractivity contribution in [1.29, 1.82) is 0 Å². The average molecular weight is 162 g/mol. The van der Waals surface area contributed by atoms with E-state index in [9.17, 15) is 0 Å². The monoisotopic (exact) mass is 162 g/mol. The Bertz CT molecular complexity index is 254. The van der Waals surface area contributed by atoms with Crippen molar-refractivity contribution in [2.75, 3.05) is 0 Å². The van der Waals surface area contributed by atoms with Crippen LogP contribution in [0.5, 0.6) is 0 Å². The Hall–Kier alpha value is -0.860. The van der Waals surface area contributed by atoms with Gasteiger partial charge in [-0.15, -0.1) is 0 Å². The average Bonchev–Trinajstić information content (AvgIpc) is 2.07. The Morgan fingerprint density at radius 2 is 2.00 bits per heavy atom. The van der Waals surface area contributed by atoms with E-state index >= 15 is 0 Å². The van der Waals surface area contributed by atoms with Gasteiger partial charge in [-0.3, -0.25) is 5.84 Å². The third-order valence-corrected chi connectivity index (χ3v) is 2.55. The highest BCUT2D eigenvalue weighted by atomic mass is 15.4. The van der Waals surface area contributed by atoms with E-state index in [-0.39, 0.29) is 0 Å². The van der Waals surface area contributed by atoms with E-state index in [1.807, 2.05) is 5.01 Å². The number of nitrogens with two attached hydrogens (primary N) is 1. The molecule has 0 bridgehead atoms. The van der Waals surface area contributed by atoms with Gasteiger partial charge in [-0.2, -0.15) is 0 Å². The number of hydrogen-bond donors (Lipinski definition) is 1. The predicted octanol–water partition coefficient (Wildman–Crippen LogP) is 1.31. The van der Waals surface area contributed by atoms with E-state index in [0.29, 0.717) is 6.04 Å². The summed E-state index contributed by atoms with van der Waals surface area (Å²) in [7, 11) is 0. The zero-order valence-electron chi connectivity index (χ0n) is 7.33. The van der Waals surface area contributed by atoms with Crippen LogP contribution in [0.25, 0.3) is 0 Å². The van der Waals surface area contributed by atoms with Crippen LogP contribution in [0.15, 0.2) is 24.3 Å². The molecule has 2 rings (SSSR count). The van der Waals surface area contributed by atoms with Gasteiger partial charge < -0.3 is 0 Å². The minimum atomic E-state index is 0.472. The van der Waals surface area contributed by atoms with Gasteiger partial charge in [0.05, 0.1) is 0 Å².